The van der Waals surface area contributed by atoms with Gasteiger partial charge in [0, 0.05) is 30.5 Å². The zero-order valence-corrected chi connectivity index (χ0v) is 11.2. The Bertz CT molecular complexity index is 329. The lowest BCUT2D eigenvalue weighted by molar-refractivity contribution is -0.129. The third kappa shape index (κ3) is 3.17. The van der Waals surface area contributed by atoms with Gasteiger partial charge in [-0.1, -0.05) is 0 Å². The summed E-state index contributed by atoms with van der Waals surface area (Å²) in [7, 11) is 0. The topological polar surface area (TPSA) is 25.4 Å². The molecule has 0 radical (unpaired) electrons. The number of hydrogen-bond donors (Lipinski definition) is 0. The highest BCUT2D eigenvalue weighted by atomic mass is 35.5. The number of hydrogen-bond acceptors (Lipinski definition) is 4. The third-order valence-corrected chi connectivity index (χ3v) is 3.67. The van der Waals surface area contributed by atoms with Gasteiger partial charge in [0.15, 0.2) is 0 Å². The number of halogens is 1. The molecule has 0 saturated carbocycles. The van der Waals surface area contributed by atoms with Gasteiger partial charge in [-0.15, -0.1) is 22.9 Å². The van der Waals surface area contributed by atoms with Crippen LogP contribution in [0, 0.1) is 0 Å². The predicted octanol–water partition coefficient (Wildman–Crippen LogP) is 2.36. The molecule has 3 nitrogen and oxygen atoms in total. The van der Waals surface area contributed by atoms with E-state index in [9.17, 15) is 0 Å². The summed E-state index contributed by atoms with van der Waals surface area (Å²) >= 11 is 7.59. The van der Waals surface area contributed by atoms with E-state index in [-0.39, 0.29) is 11.7 Å². The molecular weight excluding hydrogens is 244 g/mol. The molecule has 1 saturated heterocycles. The quantitative estimate of drug-likeness (QED) is 0.781. The minimum Gasteiger partial charge on any atom is -0.368 e. The number of thiazole rings is 1. The van der Waals surface area contributed by atoms with Crippen LogP contribution in [0.5, 0.6) is 0 Å². The standard InChI is InChI=1S/C11H17ClN2OS/c1-11(2)8-14(6-9(5-12)15-11)7-10-13-3-4-16-10/h3-4,9H,5-8H2,1-2H3. The fourth-order valence-corrected chi connectivity index (χ4v) is 2.96. The lowest BCUT2D eigenvalue weighted by Gasteiger charge is -2.42. The fraction of sp³-hybridized carbons (Fsp3) is 0.727. The van der Waals surface area contributed by atoms with Crippen LogP contribution in [0.3, 0.4) is 0 Å². The molecule has 2 rings (SSSR count). The Kier molecular flexibility index (Phi) is 3.85. The molecule has 1 unspecified atom stereocenters. The van der Waals surface area contributed by atoms with Crippen molar-refractivity contribution < 1.29 is 4.74 Å². The van der Waals surface area contributed by atoms with Crippen molar-refractivity contribution >= 4 is 22.9 Å². The molecule has 1 atom stereocenters. The van der Waals surface area contributed by atoms with Crippen LogP contribution in [0.1, 0.15) is 18.9 Å². The van der Waals surface area contributed by atoms with E-state index in [2.05, 4.69) is 23.7 Å². The molecule has 0 N–H and O–H groups in total. The zero-order valence-electron chi connectivity index (χ0n) is 9.65. The number of nitrogens with zero attached hydrogens (tertiary/aromatic N) is 2. The van der Waals surface area contributed by atoms with Crippen molar-refractivity contribution in [3.63, 3.8) is 0 Å². The molecule has 0 amide bonds. The van der Waals surface area contributed by atoms with Gasteiger partial charge in [0.1, 0.15) is 5.01 Å². The zero-order chi connectivity index (χ0) is 11.6. The number of alkyl halides is 1. The molecule has 2 heterocycles. The van der Waals surface area contributed by atoms with E-state index >= 15 is 0 Å². The highest BCUT2D eigenvalue weighted by Gasteiger charge is 2.33. The maximum Gasteiger partial charge on any atom is 0.107 e. The highest BCUT2D eigenvalue weighted by Crippen LogP contribution is 2.23. The Morgan fingerprint density at radius 3 is 3.12 bits per heavy atom. The van der Waals surface area contributed by atoms with Gasteiger partial charge in [-0.2, -0.15) is 0 Å². The van der Waals surface area contributed by atoms with Crippen LogP contribution in [0.2, 0.25) is 0 Å². The second-order valence-corrected chi connectivity index (χ2v) is 6.04. The molecule has 1 aromatic rings. The van der Waals surface area contributed by atoms with Crippen LogP contribution in [0.4, 0.5) is 0 Å². The average Bonchev–Trinajstić information content (AvgIpc) is 2.67. The van der Waals surface area contributed by atoms with E-state index in [1.165, 1.54) is 0 Å². The normalized spacial score (nSPS) is 25.8. The average molecular weight is 261 g/mol. The Labute approximate surface area is 105 Å². The van der Waals surface area contributed by atoms with Crippen LogP contribution in [0.25, 0.3) is 0 Å². The van der Waals surface area contributed by atoms with Crippen molar-refractivity contribution in [3.05, 3.63) is 16.6 Å². The van der Waals surface area contributed by atoms with E-state index in [4.69, 9.17) is 16.3 Å². The van der Waals surface area contributed by atoms with Crippen LogP contribution in [-0.2, 0) is 11.3 Å². The molecule has 1 fully saturated rings. The molecule has 90 valence electrons. The smallest absolute Gasteiger partial charge is 0.107 e. The molecule has 1 aliphatic rings. The molecule has 5 heteroatoms. The molecular formula is C11H17ClN2OS. The van der Waals surface area contributed by atoms with Gasteiger partial charge in [0.25, 0.3) is 0 Å². The molecule has 16 heavy (non-hydrogen) atoms. The second kappa shape index (κ2) is 5.00. The summed E-state index contributed by atoms with van der Waals surface area (Å²) < 4.78 is 5.88. The second-order valence-electron chi connectivity index (χ2n) is 4.75. The summed E-state index contributed by atoms with van der Waals surface area (Å²) in [5.74, 6) is 0.553. The first kappa shape index (κ1) is 12.3. The van der Waals surface area contributed by atoms with E-state index in [0.29, 0.717) is 5.88 Å². The molecule has 0 spiro atoms. The first-order valence-corrected chi connectivity index (χ1v) is 6.85. The number of aromatic nitrogens is 1. The van der Waals surface area contributed by atoms with Gasteiger partial charge >= 0.3 is 0 Å². The van der Waals surface area contributed by atoms with Crippen molar-refractivity contribution in [2.24, 2.45) is 0 Å². The summed E-state index contributed by atoms with van der Waals surface area (Å²) in [4.78, 5) is 6.68. The van der Waals surface area contributed by atoms with Crippen LogP contribution < -0.4 is 0 Å². The largest absolute Gasteiger partial charge is 0.368 e. The molecule has 0 aromatic carbocycles. The number of ether oxygens (including phenoxy) is 1. The Hall–Kier alpha value is -0.160. The van der Waals surface area contributed by atoms with Gasteiger partial charge in [0.05, 0.1) is 18.2 Å². The van der Waals surface area contributed by atoms with E-state index in [0.717, 1.165) is 24.6 Å². The fourth-order valence-electron chi connectivity index (χ4n) is 2.14. The number of morpholine rings is 1. The maximum absolute atomic E-state index is 5.89. The van der Waals surface area contributed by atoms with E-state index in [1.54, 1.807) is 11.3 Å². The number of rotatable bonds is 3. The summed E-state index contributed by atoms with van der Waals surface area (Å²) in [6.07, 6.45) is 1.98. The summed E-state index contributed by atoms with van der Waals surface area (Å²) in [5.41, 5.74) is -0.116. The van der Waals surface area contributed by atoms with Crippen LogP contribution in [0.15, 0.2) is 11.6 Å². The van der Waals surface area contributed by atoms with Crippen molar-refractivity contribution in [1.29, 1.82) is 0 Å². The first-order valence-electron chi connectivity index (χ1n) is 5.43. The Morgan fingerprint density at radius 1 is 1.69 bits per heavy atom. The maximum atomic E-state index is 5.89. The van der Waals surface area contributed by atoms with Gasteiger partial charge in [-0.3, -0.25) is 4.90 Å². The van der Waals surface area contributed by atoms with Crippen molar-refractivity contribution in [1.82, 2.24) is 9.88 Å². The monoisotopic (exact) mass is 260 g/mol. The molecule has 0 aliphatic carbocycles. The third-order valence-electron chi connectivity index (χ3n) is 2.57. The van der Waals surface area contributed by atoms with Crippen LogP contribution >= 0.6 is 22.9 Å². The van der Waals surface area contributed by atoms with Gasteiger partial charge < -0.3 is 4.74 Å². The van der Waals surface area contributed by atoms with Crippen LogP contribution in [-0.4, -0.2) is 40.6 Å². The van der Waals surface area contributed by atoms with Gasteiger partial charge in [0.2, 0.25) is 0 Å². The summed E-state index contributed by atoms with van der Waals surface area (Å²) in [6, 6.07) is 0. The van der Waals surface area contributed by atoms with Crippen molar-refractivity contribution in [2.75, 3.05) is 19.0 Å². The molecule has 0 bridgehead atoms. The summed E-state index contributed by atoms with van der Waals surface area (Å²) in [5, 5.41) is 3.17. The predicted molar refractivity (Wildman–Crippen MR) is 67.1 cm³/mol. The molecule has 1 aromatic heterocycles. The van der Waals surface area contributed by atoms with Gasteiger partial charge in [-0.25, -0.2) is 4.98 Å². The Balaban J connectivity index is 1.99. The lowest BCUT2D eigenvalue weighted by Crippen LogP contribution is -2.52. The minimum absolute atomic E-state index is 0.116. The lowest BCUT2D eigenvalue weighted by atomic mass is 10.1. The van der Waals surface area contributed by atoms with E-state index in [1.807, 2.05) is 11.6 Å². The van der Waals surface area contributed by atoms with E-state index < -0.39 is 0 Å². The first-order chi connectivity index (χ1) is 7.59. The van der Waals surface area contributed by atoms with Crippen molar-refractivity contribution in [3.8, 4) is 0 Å². The summed E-state index contributed by atoms with van der Waals surface area (Å²) in [6.45, 7) is 6.95. The van der Waals surface area contributed by atoms with Gasteiger partial charge in [-0.05, 0) is 13.8 Å². The molecule has 1 aliphatic heterocycles. The Morgan fingerprint density at radius 2 is 2.50 bits per heavy atom. The van der Waals surface area contributed by atoms with Crippen molar-refractivity contribution in [2.45, 2.75) is 32.1 Å². The minimum atomic E-state index is -0.116. The highest BCUT2D eigenvalue weighted by molar-refractivity contribution is 7.09. The SMILES string of the molecule is CC1(C)CN(Cc2nccs2)CC(CCl)O1.